The Morgan fingerprint density at radius 3 is 2.63 bits per heavy atom. The maximum absolute atomic E-state index is 11.9. The van der Waals surface area contributed by atoms with Crippen LogP contribution < -0.4 is 11.1 Å². The van der Waals surface area contributed by atoms with Crippen molar-refractivity contribution < 1.29 is 4.79 Å². The van der Waals surface area contributed by atoms with Crippen LogP contribution in [-0.4, -0.2) is 18.5 Å². The van der Waals surface area contributed by atoms with Gasteiger partial charge in [-0.2, -0.15) is 0 Å². The van der Waals surface area contributed by atoms with Gasteiger partial charge in [-0.15, -0.1) is 0 Å². The van der Waals surface area contributed by atoms with Crippen molar-refractivity contribution in [3.63, 3.8) is 0 Å². The minimum absolute atomic E-state index is 0.204. The molecule has 3 nitrogen and oxygen atoms in total. The van der Waals surface area contributed by atoms with Crippen molar-refractivity contribution in [2.75, 3.05) is 6.54 Å². The molecule has 0 heterocycles. The van der Waals surface area contributed by atoms with Gasteiger partial charge in [0.05, 0.1) is 0 Å². The van der Waals surface area contributed by atoms with Gasteiger partial charge >= 0.3 is 0 Å². The number of hydrogen-bond donors (Lipinski definition) is 2. The van der Waals surface area contributed by atoms with E-state index in [1.165, 1.54) is 12.8 Å². The summed E-state index contributed by atoms with van der Waals surface area (Å²) in [6.07, 6.45) is 6.41. The van der Waals surface area contributed by atoms with Crippen LogP contribution in [0.2, 0.25) is 0 Å². The summed E-state index contributed by atoms with van der Waals surface area (Å²) in [5.41, 5.74) is 6.23. The van der Waals surface area contributed by atoms with Gasteiger partial charge in [-0.1, -0.05) is 40.5 Å². The molecule has 0 aromatic carbocycles. The molecule has 3 heteroatoms. The molecule has 0 bridgehead atoms. The van der Waals surface area contributed by atoms with Crippen LogP contribution in [0.3, 0.4) is 0 Å². The molecule has 0 spiro atoms. The summed E-state index contributed by atoms with van der Waals surface area (Å²) in [4.78, 5) is 11.9. The molecule has 0 aliphatic heterocycles. The quantitative estimate of drug-likeness (QED) is 0.805. The van der Waals surface area contributed by atoms with Gasteiger partial charge in [-0.05, 0) is 36.5 Å². The van der Waals surface area contributed by atoms with E-state index in [1.807, 2.05) is 0 Å². The molecule has 0 aromatic rings. The highest BCUT2D eigenvalue weighted by Gasteiger charge is 2.22. The fourth-order valence-electron chi connectivity index (χ4n) is 2.59. The van der Waals surface area contributed by atoms with Crippen molar-refractivity contribution in [1.29, 1.82) is 0 Å². The molecule has 1 aliphatic rings. The normalized spacial score (nSPS) is 25.9. The van der Waals surface area contributed by atoms with Gasteiger partial charge < -0.3 is 11.1 Å². The molecule has 0 saturated heterocycles. The first-order valence-corrected chi connectivity index (χ1v) is 7.81. The number of nitrogens with two attached hydrogens (primary N) is 1. The Balaban J connectivity index is 2.17. The molecule has 1 fully saturated rings. The Kier molecular flexibility index (Phi) is 6.31. The Labute approximate surface area is 118 Å². The zero-order valence-electron chi connectivity index (χ0n) is 13.2. The maximum atomic E-state index is 11.9. The highest BCUT2D eigenvalue weighted by atomic mass is 16.1. The first-order valence-electron chi connectivity index (χ1n) is 7.81. The summed E-state index contributed by atoms with van der Waals surface area (Å²) >= 11 is 0. The van der Waals surface area contributed by atoms with Crippen molar-refractivity contribution in [1.82, 2.24) is 5.32 Å². The number of amides is 1. The Hall–Kier alpha value is -0.570. The van der Waals surface area contributed by atoms with Gasteiger partial charge in [0.1, 0.15) is 0 Å². The lowest BCUT2D eigenvalue weighted by Gasteiger charge is -2.28. The van der Waals surface area contributed by atoms with E-state index in [4.69, 9.17) is 5.73 Å². The molecule has 1 saturated carbocycles. The lowest BCUT2D eigenvalue weighted by molar-refractivity contribution is -0.121. The molecule has 3 atom stereocenters. The number of carbonyl (C=O) groups excluding carboxylic acids is 1. The fraction of sp³-hybridized carbons (Fsp3) is 0.938. The van der Waals surface area contributed by atoms with Gasteiger partial charge in [-0.25, -0.2) is 0 Å². The minimum atomic E-state index is 0.204. The third-order valence-electron chi connectivity index (χ3n) is 4.69. The molecular formula is C16H32N2O. The summed E-state index contributed by atoms with van der Waals surface area (Å²) in [5.74, 6) is 1.37. The van der Waals surface area contributed by atoms with E-state index in [9.17, 15) is 4.79 Å². The summed E-state index contributed by atoms with van der Waals surface area (Å²) in [6.45, 7) is 9.63. The summed E-state index contributed by atoms with van der Waals surface area (Å²) in [6, 6.07) is 0.364. The zero-order valence-corrected chi connectivity index (χ0v) is 13.2. The predicted molar refractivity (Wildman–Crippen MR) is 80.8 cm³/mol. The molecule has 19 heavy (non-hydrogen) atoms. The number of nitrogens with one attached hydrogen (secondary N) is 1. The summed E-state index contributed by atoms with van der Waals surface area (Å²) in [5, 5.41) is 3.07. The second-order valence-electron chi connectivity index (χ2n) is 7.40. The van der Waals surface area contributed by atoms with E-state index in [2.05, 4.69) is 33.0 Å². The molecular weight excluding hydrogens is 236 g/mol. The fourth-order valence-corrected chi connectivity index (χ4v) is 2.59. The van der Waals surface area contributed by atoms with Crippen molar-refractivity contribution in [2.45, 2.75) is 72.3 Å². The number of hydrogen-bond acceptors (Lipinski definition) is 2. The summed E-state index contributed by atoms with van der Waals surface area (Å²) in [7, 11) is 0. The predicted octanol–water partition coefficient (Wildman–Crippen LogP) is 3.08. The summed E-state index contributed by atoms with van der Waals surface area (Å²) < 4.78 is 0. The Morgan fingerprint density at radius 2 is 2.05 bits per heavy atom. The highest BCUT2D eigenvalue weighted by Crippen LogP contribution is 2.27. The average Bonchev–Trinajstić information content (AvgIpc) is 2.32. The van der Waals surface area contributed by atoms with Gasteiger partial charge in [-0.3, -0.25) is 4.79 Å². The van der Waals surface area contributed by atoms with Crippen LogP contribution >= 0.6 is 0 Å². The van der Waals surface area contributed by atoms with E-state index in [1.54, 1.807) is 0 Å². The lowest BCUT2D eigenvalue weighted by atomic mass is 9.82. The topological polar surface area (TPSA) is 55.1 Å². The van der Waals surface area contributed by atoms with Crippen LogP contribution in [0.1, 0.15) is 66.2 Å². The van der Waals surface area contributed by atoms with E-state index in [0.29, 0.717) is 24.3 Å². The van der Waals surface area contributed by atoms with E-state index >= 15 is 0 Å². The molecule has 0 radical (unpaired) electrons. The molecule has 3 unspecified atom stereocenters. The largest absolute Gasteiger partial charge is 0.356 e. The molecule has 1 rings (SSSR count). The third kappa shape index (κ3) is 6.42. The van der Waals surface area contributed by atoms with Crippen molar-refractivity contribution in [2.24, 2.45) is 23.0 Å². The standard InChI is InChI=1S/C16H32N2O/c1-12(16(2,3)4)11-18-15(19)9-8-13-6-5-7-14(17)10-13/h12-14H,5-11,17H2,1-4H3,(H,18,19). The number of carbonyl (C=O) groups is 1. The Bertz CT molecular complexity index is 283. The van der Waals surface area contributed by atoms with Gasteiger partial charge in [0.2, 0.25) is 5.91 Å². The van der Waals surface area contributed by atoms with Gasteiger partial charge in [0.25, 0.3) is 0 Å². The van der Waals surface area contributed by atoms with Crippen LogP contribution in [0.25, 0.3) is 0 Å². The van der Waals surface area contributed by atoms with Crippen LogP contribution in [0.5, 0.6) is 0 Å². The third-order valence-corrected chi connectivity index (χ3v) is 4.69. The van der Waals surface area contributed by atoms with Crippen molar-refractivity contribution >= 4 is 5.91 Å². The SMILES string of the molecule is CC(CNC(=O)CCC1CCCC(N)C1)C(C)(C)C. The van der Waals surface area contributed by atoms with Crippen LogP contribution in [0.4, 0.5) is 0 Å². The first kappa shape index (κ1) is 16.5. The van der Waals surface area contributed by atoms with Crippen LogP contribution in [0, 0.1) is 17.3 Å². The maximum Gasteiger partial charge on any atom is 0.220 e. The van der Waals surface area contributed by atoms with Crippen molar-refractivity contribution in [3.8, 4) is 0 Å². The Morgan fingerprint density at radius 1 is 1.37 bits per heavy atom. The monoisotopic (exact) mass is 268 g/mol. The molecule has 1 amide bonds. The van der Waals surface area contributed by atoms with E-state index < -0.39 is 0 Å². The molecule has 3 N–H and O–H groups in total. The molecule has 0 aromatic heterocycles. The second kappa shape index (κ2) is 7.28. The second-order valence-corrected chi connectivity index (χ2v) is 7.40. The average molecular weight is 268 g/mol. The zero-order chi connectivity index (χ0) is 14.5. The smallest absolute Gasteiger partial charge is 0.220 e. The van der Waals surface area contributed by atoms with E-state index in [0.717, 1.165) is 25.8 Å². The van der Waals surface area contributed by atoms with Crippen LogP contribution in [-0.2, 0) is 4.79 Å². The molecule has 112 valence electrons. The lowest BCUT2D eigenvalue weighted by Crippen LogP contribution is -2.34. The minimum Gasteiger partial charge on any atom is -0.356 e. The van der Waals surface area contributed by atoms with E-state index in [-0.39, 0.29) is 11.3 Å². The molecule has 1 aliphatic carbocycles. The first-order chi connectivity index (χ1) is 8.79. The number of rotatable bonds is 5. The van der Waals surface area contributed by atoms with Crippen LogP contribution in [0.15, 0.2) is 0 Å². The van der Waals surface area contributed by atoms with Gasteiger partial charge in [0.15, 0.2) is 0 Å². The highest BCUT2D eigenvalue weighted by molar-refractivity contribution is 5.75. The van der Waals surface area contributed by atoms with Gasteiger partial charge in [0, 0.05) is 19.0 Å². The van der Waals surface area contributed by atoms with Crippen molar-refractivity contribution in [3.05, 3.63) is 0 Å².